The largest absolute Gasteiger partial charge is 0.453 e. The molecule has 0 aliphatic rings. The van der Waals surface area contributed by atoms with E-state index in [1.807, 2.05) is 10.6 Å². The van der Waals surface area contributed by atoms with Gasteiger partial charge >= 0.3 is 24.2 Å². The summed E-state index contributed by atoms with van der Waals surface area (Å²) in [6.07, 6.45) is -1.74. The number of ether oxygens (including phenoxy) is 2. The highest BCUT2D eigenvalue weighted by Crippen LogP contribution is 2.20. The van der Waals surface area contributed by atoms with E-state index in [9.17, 15) is 19.2 Å². The lowest BCUT2D eigenvalue weighted by Crippen LogP contribution is -2.36. The quantitative estimate of drug-likeness (QED) is 0.437. The Bertz CT molecular complexity index is 615. The van der Waals surface area contributed by atoms with Crippen LogP contribution in [0.2, 0.25) is 0 Å². The van der Waals surface area contributed by atoms with E-state index in [1.54, 1.807) is 19.1 Å². The van der Waals surface area contributed by atoms with Crippen molar-refractivity contribution in [2.45, 2.75) is 19.4 Å². The highest BCUT2D eigenvalue weighted by molar-refractivity contribution is 6.04. The Morgan fingerprint density at radius 3 is 1.57 bits per heavy atom. The summed E-state index contributed by atoms with van der Waals surface area (Å²) in [6.45, 7) is 1.73. The van der Waals surface area contributed by atoms with Crippen LogP contribution >= 0.6 is 0 Å². The molecule has 0 fully saturated rings. The zero-order valence-corrected chi connectivity index (χ0v) is 15.6. The van der Waals surface area contributed by atoms with E-state index in [-0.39, 0.29) is 24.1 Å². The van der Waals surface area contributed by atoms with Crippen LogP contribution in [0.15, 0.2) is 24.3 Å². The molecule has 1 unspecified atom stereocenters. The van der Waals surface area contributed by atoms with Crippen molar-refractivity contribution in [3.05, 3.63) is 24.3 Å². The van der Waals surface area contributed by atoms with E-state index in [0.29, 0.717) is 6.42 Å². The van der Waals surface area contributed by atoms with Gasteiger partial charge in [-0.15, -0.1) is 0 Å². The van der Waals surface area contributed by atoms with Gasteiger partial charge in [0.15, 0.2) is 0 Å². The Morgan fingerprint density at radius 1 is 0.929 bits per heavy atom. The first kappa shape index (κ1) is 24.6. The summed E-state index contributed by atoms with van der Waals surface area (Å²) in [6, 6.07) is 4.44. The van der Waals surface area contributed by atoms with Crippen molar-refractivity contribution in [3.63, 3.8) is 0 Å². The Balaban J connectivity index is 0.00000105. The number of urea groups is 2. The number of amides is 6. The average molecular weight is 400 g/mol. The predicted molar refractivity (Wildman–Crippen MR) is 98.9 cm³/mol. The van der Waals surface area contributed by atoms with Crippen molar-refractivity contribution < 1.29 is 38.9 Å². The number of aliphatic hydroxyl groups is 2. The highest BCUT2D eigenvalue weighted by atomic mass is 16.5. The molecule has 12 heteroatoms. The SMILES string of the molecule is CC(O)CCO.COC(=O)NC(=O)Nc1ccccc1NC(=O)NC(=O)OC. The molecule has 1 atom stereocenters. The van der Waals surface area contributed by atoms with Crippen molar-refractivity contribution >= 4 is 35.6 Å². The van der Waals surface area contributed by atoms with Crippen LogP contribution in [-0.4, -0.2) is 61.4 Å². The van der Waals surface area contributed by atoms with Crippen molar-refractivity contribution in [2.24, 2.45) is 0 Å². The Kier molecular flexibility index (Phi) is 12.1. The second-order valence-electron chi connectivity index (χ2n) is 5.05. The number of nitrogens with one attached hydrogen (secondary N) is 4. The Labute approximate surface area is 161 Å². The predicted octanol–water partition coefficient (Wildman–Crippen LogP) is 1.21. The fourth-order valence-electron chi connectivity index (χ4n) is 1.48. The average Bonchev–Trinajstić information content (AvgIpc) is 2.63. The standard InChI is InChI=1S/C12H14N4O6.C4H10O2/c1-21-11(19)15-9(17)13-7-5-3-4-6-8(7)14-10(18)16-12(20)22-2;1-4(6)2-3-5/h3-6H,1-2H3,(H2,13,15,17,19)(H2,14,16,18,20);4-6H,2-3H2,1H3. The topological polar surface area (TPSA) is 175 Å². The third-order valence-corrected chi connectivity index (χ3v) is 2.77. The van der Waals surface area contributed by atoms with E-state index in [4.69, 9.17) is 10.2 Å². The molecule has 12 nitrogen and oxygen atoms in total. The number of anilines is 2. The number of aliphatic hydroxyl groups excluding tert-OH is 2. The van der Waals surface area contributed by atoms with Crippen LogP contribution in [0.25, 0.3) is 0 Å². The number of benzene rings is 1. The second kappa shape index (κ2) is 13.8. The first-order chi connectivity index (χ1) is 13.2. The van der Waals surface area contributed by atoms with Crippen molar-refractivity contribution in [2.75, 3.05) is 31.5 Å². The molecule has 0 aromatic heterocycles. The molecule has 156 valence electrons. The number of hydrogen-bond donors (Lipinski definition) is 6. The van der Waals surface area contributed by atoms with Crippen molar-refractivity contribution in [3.8, 4) is 0 Å². The van der Waals surface area contributed by atoms with E-state index >= 15 is 0 Å². The third-order valence-electron chi connectivity index (χ3n) is 2.77. The zero-order chi connectivity index (χ0) is 21.5. The summed E-state index contributed by atoms with van der Waals surface area (Å²) in [5.74, 6) is 0. The number of rotatable bonds is 4. The summed E-state index contributed by atoms with van der Waals surface area (Å²) in [7, 11) is 2.21. The maximum Gasteiger partial charge on any atom is 0.415 e. The lowest BCUT2D eigenvalue weighted by Gasteiger charge is -2.12. The van der Waals surface area contributed by atoms with E-state index in [0.717, 1.165) is 14.2 Å². The summed E-state index contributed by atoms with van der Waals surface area (Å²) in [5, 5.41) is 24.9. The van der Waals surface area contributed by atoms with Crippen LogP contribution in [0, 0.1) is 0 Å². The minimum absolute atomic E-state index is 0.0810. The maximum absolute atomic E-state index is 11.5. The molecule has 0 spiro atoms. The van der Waals surface area contributed by atoms with Gasteiger partial charge in [-0.3, -0.25) is 0 Å². The molecule has 0 saturated carbocycles. The molecule has 1 aromatic rings. The van der Waals surface area contributed by atoms with Crippen LogP contribution < -0.4 is 21.3 Å². The third kappa shape index (κ3) is 11.3. The first-order valence-corrected chi connectivity index (χ1v) is 7.93. The number of methoxy groups -OCH3 is 2. The van der Waals surface area contributed by atoms with Gasteiger partial charge in [-0.25, -0.2) is 29.8 Å². The fourth-order valence-corrected chi connectivity index (χ4v) is 1.48. The van der Waals surface area contributed by atoms with Gasteiger partial charge in [-0.2, -0.15) is 0 Å². The van der Waals surface area contributed by atoms with Crippen LogP contribution in [0.1, 0.15) is 13.3 Å². The van der Waals surface area contributed by atoms with Gasteiger partial charge in [-0.1, -0.05) is 12.1 Å². The minimum Gasteiger partial charge on any atom is -0.453 e. The lowest BCUT2D eigenvalue weighted by molar-refractivity contribution is 0.148. The summed E-state index contributed by atoms with van der Waals surface area (Å²) >= 11 is 0. The Morgan fingerprint density at radius 2 is 1.32 bits per heavy atom. The number of carbonyl (C=O) groups is 4. The van der Waals surface area contributed by atoms with Gasteiger partial charge in [0, 0.05) is 6.61 Å². The summed E-state index contributed by atoms with van der Waals surface area (Å²) < 4.78 is 8.53. The normalized spacial score (nSPS) is 10.3. The molecule has 0 bridgehead atoms. The number of hydrogen-bond acceptors (Lipinski definition) is 8. The van der Waals surface area contributed by atoms with Gasteiger partial charge in [0.05, 0.1) is 31.7 Å². The second-order valence-corrected chi connectivity index (χ2v) is 5.05. The molecule has 1 rings (SSSR count). The fraction of sp³-hybridized carbons (Fsp3) is 0.375. The number of alkyl carbamates (subject to hydrolysis) is 2. The van der Waals surface area contributed by atoms with Crippen molar-refractivity contribution in [1.29, 1.82) is 0 Å². The number of para-hydroxylation sites is 2. The van der Waals surface area contributed by atoms with Gasteiger partial charge in [0.2, 0.25) is 0 Å². The summed E-state index contributed by atoms with van der Waals surface area (Å²) in [5.41, 5.74) is 0.396. The van der Waals surface area contributed by atoms with Crippen LogP contribution in [0.4, 0.5) is 30.6 Å². The number of imide groups is 2. The lowest BCUT2D eigenvalue weighted by atomic mass is 10.2. The van der Waals surface area contributed by atoms with Crippen LogP contribution in [-0.2, 0) is 9.47 Å². The molecule has 0 aliphatic heterocycles. The van der Waals surface area contributed by atoms with Crippen LogP contribution in [0.5, 0.6) is 0 Å². The summed E-state index contributed by atoms with van der Waals surface area (Å²) in [4.78, 5) is 44.8. The van der Waals surface area contributed by atoms with Gasteiger partial charge in [0.25, 0.3) is 0 Å². The smallest absolute Gasteiger partial charge is 0.415 e. The van der Waals surface area contributed by atoms with E-state index in [2.05, 4.69) is 20.1 Å². The molecule has 0 saturated heterocycles. The molecule has 6 N–H and O–H groups in total. The van der Waals surface area contributed by atoms with Crippen LogP contribution in [0.3, 0.4) is 0 Å². The monoisotopic (exact) mass is 400 g/mol. The highest BCUT2D eigenvalue weighted by Gasteiger charge is 2.12. The van der Waals surface area contributed by atoms with Gasteiger partial charge in [0.1, 0.15) is 0 Å². The molecular weight excluding hydrogens is 376 g/mol. The Hall–Kier alpha value is -3.38. The number of carbonyl (C=O) groups excluding carboxylic acids is 4. The maximum atomic E-state index is 11.5. The molecule has 1 aromatic carbocycles. The first-order valence-electron chi connectivity index (χ1n) is 7.93. The van der Waals surface area contributed by atoms with Gasteiger partial charge in [-0.05, 0) is 25.5 Å². The molecule has 28 heavy (non-hydrogen) atoms. The molecule has 0 heterocycles. The van der Waals surface area contributed by atoms with Gasteiger partial charge < -0.3 is 30.3 Å². The molecule has 6 amide bonds. The van der Waals surface area contributed by atoms with E-state index < -0.39 is 24.2 Å². The molecule has 0 radical (unpaired) electrons. The molecular formula is C16H24N4O8. The minimum atomic E-state index is -0.939. The molecule has 0 aliphatic carbocycles. The van der Waals surface area contributed by atoms with Crippen molar-refractivity contribution in [1.82, 2.24) is 10.6 Å². The van der Waals surface area contributed by atoms with E-state index in [1.165, 1.54) is 12.1 Å². The zero-order valence-electron chi connectivity index (χ0n) is 15.6.